The van der Waals surface area contributed by atoms with E-state index in [0.29, 0.717) is 36.8 Å². The lowest BCUT2D eigenvalue weighted by Crippen LogP contribution is -2.29. The normalized spacial score (nSPS) is 12.7. The first-order valence-electron chi connectivity index (χ1n) is 11.7. The quantitative estimate of drug-likeness (QED) is 0.160. The van der Waals surface area contributed by atoms with E-state index in [1.807, 2.05) is 49.4 Å². The Labute approximate surface area is 211 Å². The molecule has 35 heavy (non-hydrogen) atoms. The molecule has 0 aromatic heterocycles. The molecule has 6 heteroatoms. The van der Waals surface area contributed by atoms with Crippen LogP contribution in [0.15, 0.2) is 77.2 Å². The number of para-hydroxylation sites is 1. The SMILES string of the molecule is CCOc1cc(/C=C(\C#N)C(=O)N2CCc3ccccc32)ccc1OCCSc1ccc(C)cc1. The van der Waals surface area contributed by atoms with Crippen molar-refractivity contribution in [1.29, 1.82) is 5.26 Å². The number of benzene rings is 3. The molecular formula is C29H28N2O3S. The maximum atomic E-state index is 13.1. The van der Waals surface area contributed by atoms with Crippen LogP contribution in [-0.4, -0.2) is 31.4 Å². The largest absolute Gasteiger partial charge is 0.490 e. The lowest BCUT2D eigenvalue weighted by atomic mass is 10.1. The number of fused-ring (bicyclic) bond motifs is 1. The Balaban J connectivity index is 1.44. The van der Waals surface area contributed by atoms with E-state index in [1.54, 1.807) is 22.7 Å². The number of nitrogens with zero attached hydrogens (tertiary/aromatic N) is 2. The Morgan fingerprint density at radius 1 is 1.09 bits per heavy atom. The number of anilines is 1. The van der Waals surface area contributed by atoms with Gasteiger partial charge in [-0.15, -0.1) is 11.8 Å². The van der Waals surface area contributed by atoms with Gasteiger partial charge in [0.2, 0.25) is 0 Å². The van der Waals surface area contributed by atoms with Crippen molar-refractivity contribution in [3.05, 3.63) is 89.0 Å². The van der Waals surface area contributed by atoms with Crippen molar-refractivity contribution in [1.82, 2.24) is 0 Å². The monoisotopic (exact) mass is 484 g/mol. The van der Waals surface area contributed by atoms with Gasteiger partial charge in [0, 0.05) is 22.9 Å². The van der Waals surface area contributed by atoms with Crippen molar-refractivity contribution >= 4 is 29.4 Å². The average Bonchev–Trinajstić information content (AvgIpc) is 3.31. The summed E-state index contributed by atoms with van der Waals surface area (Å²) in [5.41, 5.74) is 4.05. The molecule has 3 aromatic rings. The van der Waals surface area contributed by atoms with Crippen molar-refractivity contribution in [2.24, 2.45) is 0 Å². The molecule has 1 heterocycles. The fourth-order valence-electron chi connectivity index (χ4n) is 3.95. The summed E-state index contributed by atoms with van der Waals surface area (Å²) < 4.78 is 11.8. The second kappa shape index (κ2) is 11.6. The minimum absolute atomic E-state index is 0.0901. The molecule has 0 spiro atoms. The number of nitriles is 1. The summed E-state index contributed by atoms with van der Waals surface area (Å²) in [7, 11) is 0. The Hall–Kier alpha value is -3.69. The molecule has 0 atom stereocenters. The minimum atomic E-state index is -0.288. The highest BCUT2D eigenvalue weighted by Crippen LogP contribution is 2.32. The van der Waals surface area contributed by atoms with Crippen LogP contribution in [0.1, 0.15) is 23.6 Å². The first-order valence-corrected chi connectivity index (χ1v) is 12.7. The average molecular weight is 485 g/mol. The summed E-state index contributed by atoms with van der Waals surface area (Å²) in [4.78, 5) is 16.0. The molecule has 0 aliphatic carbocycles. The summed E-state index contributed by atoms with van der Waals surface area (Å²) in [6, 6.07) is 23.8. The molecule has 1 aliphatic heterocycles. The van der Waals surface area contributed by atoms with E-state index >= 15 is 0 Å². The maximum Gasteiger partial charge on any atom is 0.268 e. The van der Waals surface area contributed by atoms with E-state index in [1.165, 1.54) is 10.5 Å². The molecule has 1 aliphatic rings. The Bertz CT molecular complexity index is 1260. The Morgan fingerprint density at radius 2 is 1.89 bits per heavy atom. The maximum absolute atomic E-state index is 13.1. The van der Waals surface area contributed by atoms with E-state index in [9.17, 15) is 10.1 Å². The topological polar surface area (TPSA) is 62.6 Å². The fraction of sp³-hybridized carbons (Fsp3) is 0.241. The van der Waals surface area contributed by atoms with Crippen LogP contribution in [-0.2, 0) is 11.2 Å². The predicted octanol–water partition coefficient (Wildman–Crippen LogP) is 6.06. The molecule has 0 bridgehead atoms. The summed E-state index contributed by atoms with van der Waals surface area (Å²) in [5.74, 6) is 1.76. The molecule has 0 N–H and O–H groups in total. The van der Waals surface area contributed by atoms with Gasteiger partial charge in [-0.3, -0.25) is 4.79 Å². The number of carbonyl (C=O) groups excluding carboxylic acids is 1. The zero-order valence-corrected chi connectivity index (χ0v) is 20.8. The van der Waals surface area contributed by atoms with Gasteiger partial charge in [-0.25, -0.2) is 0 Å². The zero-order chi connectivity index (χ0) is 24.6. The smallest absolute Gasteiger partial charge is 0.268 e. The molecule has 0 unspecified atom stereocenters. The second-order valence-corrected chi connectivity index (χ2v) is 9.32. The van der Waals surface area contributed by atoms with Gasteiger partial charge in [-0.2, -0.15) is 5.26 Å². The lowest BCUT2D eigenvalue weighted by Gasteiger charge is -2.17. The molecule has 5 nitrogen and oxygen atoms in total. The highest BCUT2D eigenvalue weighted by Gasteiger charge is 2.26. The van der Waals surface area contributed by atoms with Crippen molar-refractivity contribution in [3.8, 4) is 17.6 Å². The summed E-state index contributed by atoms with van der Waals surface area (Å²) >= 11 is 1.74. The summed E-state index contributed by atoms with van der Waals surface area (Å²) in [6.45, 7) is 5.58. The van der Waals surface area contributed by atoms with Crippen molar-refractivity contribution in [3.63, 3.8) is 0 Å². The number of rotatable bonds is 9. The second-order valence-electron chi connectivity index (χ2n) is 8.15. The van der Waals surface area contributed by atoms with E-state index < -0.39 is 0 Å². The number of aryl methyl sites for hydroxylation is 1. The Kier molecular flexibility index (Phi) is 8.12. The van der Waals surface area contributed by atoms with Gasteiger partial charge >= 0.3 is 0 Å². The molecule has 0 saturated carbocycles. The molecular weight excluding hydrogens is 456 g/mol. The third-order valence-electron chi connectivity index (χ3n) is 5.69. The molecule has 178 valence electrons. The first kappa shape index (κ1) is 24.4. The highest BCUT2D eigenvalue weighted by molar-refractivity contribution is 7.99. The third kappa shape index (κ3) is 6.06. The number of hydrogen-bond donors (Lipinski definition) is 0. The summed E-state index contributed by atoms with van der Waals surface area (Å²) in [6.07, 6.45) is 2.41. The predicted molar refractivity (Wildman–Crippen MR) is 141 cm³/mol. The van der Waals surface area contributed by atoms with Gasteiger partial charge in [0.05, 0.1) is 13.2 Å². The van der Waals surface area contributed by atoms with Gasteiger partial charge in [0.1, 0.15) is 11.6 Å². The van der Waals surface area contributed by atoms with E-state index in [2.05, 4.69) is 37.3 Å². The van der Waals surface area contributed by atoms with Crippen molar-refractivity contribution < 1.29 is 14.3 Å². The number of thioether (sulfide) groups is 1. The van der Waals surface area contributed by atoms with Crippen LogP contribution in [0.3, 0.4) is 0 Å². The first-order chi connectivity index (χ1) is 17.1. The van der Waals surface area contributed by atoms with E-state index in [4.69, 9.17) is 9.47 Å². The number of amides is 1. The number of hydrogen-bond acceptors (Lipinski definition) is 5. The minimum Gasteiger partial charge on any atom is -0.490 e. The third-order valence-corrected chi connectivity index (χ3v) is 6.67. The zero-order valence-electron chi connectivity index (χ0n) is 20.0. The van der Waals surface area contributed by atoms with Crippen LogP contribution in [0.2, 0.25) is 0 Å². The summed E-state index contributed by atoms with van der Waals surface area (Å²) in [5, 5.41) is 9.72. The van der Waals surface area contributed by atoms with Crippen LogP contribution < -0.4 is 14.4 Å². The van der Waals surface area contributed by atoms with Crippen molar-refractivity contribution in [2.75, 3.05) is 30.4 Å². The molecule has 0 radical (unpaired) electrons. The molecule has 3 aromatic carbocycles. The molecule has 0 saturated heterocycles. The van der Waals surface area contributed by atoms with E-state index in [-0.39, 0.29) is 11.5 Å². The standard InChI is InChI=1S/C29H28N2O3S/c1-3-33-28-19-22(10-13-27(28)34-16-17-35-25-11-8-21(2)9-12-25)18-24(20-30)29(32)31-15-14-23-6-4-5-7-26(23)31/h4-13,18-19H,3,14-17H2,1-2H3/b24-18+. The fourth-order valence-corrected chi connectivity index (χ4v) is 4.68. The van der Waals surface area contributed by atoms with E-state index in [0.717, 1.165) is 23.4 Å². The van der Waals surface area contributed by atoms with Crippen LogP contribution in [0.4, 0.5) is 5.69 Å². The van der Waals surface area contributed by atoms with Gasteiger partial charge in [0.25, 0.3) is 5.91 Å². The lowest BCUT2D eigenvalue weighted by molar-refractivity contribution is -0.114. The van der Waals surface area contributed by atoms with Crippen LogP contribution in [0.25, 0.3) is 6.08 Å². The van der Waals surface area contributed by atoms with Gasteiger partial charge in [0.15, 0.2) is 11.5 Å². The number of carbonyl (C=O) groups is 1. The Morgan fingerprint density at radius 3 is 2.66 bits per heavy atom. The van der Waals surface area contributed by atoms with Crippen molar-refractivity contribution in [2.45, 2.75) is 25.2 Å². The van der Waals surface area contributed by atoms with Crippen LogP contribution in [0, 0.1) is 18.3 Å². The van der Waals surface area contributed by atoms with Crippen LogP contribution >= 0.6 is 11.8 Å². The highest BCUT2D eigenvalue weighted by atomic mass is 32.2. The molecule has 1 amide bonds. The van der Waals surface area contributed by atoms with Crippen LogP contribution in [0.5, 0.6) is 11.5 Å². The molecule has 4 rings (SSSR count). The van der Waals surface area contributed by atoms with Gasteiger partial charge in [-0.05, 0) is 67.8 Å². The van der Waals surface area contributed by atoms with Gasteiger partial charge in [-0.1, -0.05) is 42.0 Å². The number of ether oxygens (including phenoxy) is 2. The van der Waals surface area contributed by atoms with Gasteiger partial charge < -0.3 is 14.4 Å². The molecule has 0 fully saturated rings.